The number of aliphatic carboxylic acids is 1. The standard InChI is InChI=1S/C19H14ClNO4/c1-11-15(10-18(22)23)16-9-14(25-2)7-8-17(16)21(11)19(24)12-3-5-13(20)6-4-12/h3,5,7-9H,10H2,1-2H3,(H,22,23). The highest BCUT2D eigenvalue weighted by Crippen LogP contribution is 2.30. The lowest BCUT2D eigenvalue weighted by atomic mass is 10.1. The highest BCUT2D eigenvalue weighted by atomic mass is 35.5. The molecule has 0 saturated carbocycles. The van der Waals surface area contributed by atoms with E-state index >= 15 is 0 Å². The van der Waals surface area contributed by atoms with Gasteiger partial charge in [-0.3, -0.25) is 14.2 Å². The summed E-state index contributed by atoms with van der Waals surface area (Å²) in [5, 5.41) is 10.3. The Balaban J connectivity index is 2.23. The maximum Gasteiger partial charge on any atom is 0.307 e. The van der Waals surface area contributed by atoms with Crippen LogP contribution in [0.4, 0.5) is 0 Å². The van der Waals surface area contributed by atoms with Crippen LogP contribution in [0.15, 0.2) is 30.3 Å². The summed E-state index contributed by atoms with van der Waals surface area (Å²) in [6, 6.07) is 13.7. The Hall–Kier alpha value is -2.97. The summed E-state index contributed by atoms with van der Waals surface area (Å²) in [5.41, 5.74) is 2.05. The molecule has 3 aromatic rings. The van der Waals surface area contributed by atoms with Crippen molar-refractivity contribution in [1.29, 1.82) is 0 Å². The van der Waals surface area contributed by atoms with Crippen LogP contribution in [-0.2, 0) is 11.2 Å². The van der Waals surface area contributed by atoms with Gasteiger partial charge in [0.15, 0.2) is 0 Å². The quantitative estimate of drug-likeness (QED) is 0.777. The van der Waals surface area contributed by atoms with Crippen LogP contribution in [0, 0.1) is 19.1 Å². The lowest BCUT2D eigenvalue weighted by Gasteiger charge is -2.06. The van der Waals surface area contributed by atoms with Crippen molar-refractivity contribution in [3.8, 4) is 5.75 Å². The maximum atomic E-state index is 12.9. The molecule has 2 aromatic carbocycles. The zero-order valence-electron chi connectivity index (χ0n) is 13.6. The van der Waals surface area contributed by atoms with Gasteiger partial charge < -0.3 is 9.84 Å². The second kappa shape index (κ2) is 6.50. The van der Waals surface area contributed by atoms with E-state index in [4.69, 9.17) is 16.3 Å². The van der Waals surface area contributed by atoms with Crippen LogP contribution in [0.3, 0.4) is 0 Å². The number of carboxylic acids is 1. The molecule has 3 rings (SSSR count). The van der Waals surface area contributed by atoms with Crippen molar-refractivity contribution < 1.29 is 19.4 Å². The van der Waals surface area contributed by atoms with Gasteiger partial charge in [0.2, 0.25) is 0 Å². The van der Waals surface area contributed by atoms with Crippen molar-refractivity contribution >= 4 is 34.4 Å². The minimum atomic E-state index is -0.969. The molecular weight excluding hydrogens is 342 g/mol. The average Bonchev–Trinajstić information content (AvgIpc) is 2.86. The van der Waals surface area contributed by atoms with E-state index in [1.165, 1.54) is 11.7 Å². The van der Waals surface area contributed by atoms with Crippen molar-refractivity contribution in [2.75, 3.05) is 7.11 Å². The molecule has 126 valence electrons. The van der Waals surface area contributed by atoms with Crippen LogP contribution in [-0.4, -0.2) is 28.7 Å². The molecule has 0 aliphatic carbocycles. The third-order valence-electron chi connectivity index (χ3n) is 4.02. The third-order valence-corrected chi connectivity index (χ3v) is 4.24. The van der Waals surface area contributed by atoms with Crippen LogP contribution in [0.2, 0.25) is 5.02 Å². The van der Waals surface area contributed by atoms with Gasteiger partial charge in [0.25, 0.3) is 5.91 Å². The van der Waals surface area contributed by atoms with Crippen molar-refractivity contribution in [1.82, 2.24) is 4.57 Å². The molecule has 0 bridgehead atoms. The van der Waals surface area contributed by atoms with Crippen molar-refractivity contribution in [2.24, 2.45) is 0 Å². The van der Waals surface area contributed by atoms with E-state index in [9.17, 15) is 14.7 Å². The summed E-state index contributed by atoms with van der Waals surface area (Å²) in [4.78, 5) is 24.2. The van der Waals surface area contributed by atoms with Gasteiger partial charge in [-0.15, -0.1) is 0 Å². The fourth-order valence-corrected chi connectivity index (χ4v) is 2.95. The van der Waals surface area contributed by atoms with Gasteiger partial charge in [-0.05, 0) is 48.9 Å². The second-order valence-electron chi connectivity index (χ2n) is 5.50. The maximum absolute atomic E-state index is 12.9. The minimum absolute atomic E-state index is 0.188. The van der Waals surface area contributed by atoms with Crippen LogP contribution >= 0.6 is 11.6 Å². The molecule has 1 heterocycles. The zero-order valence-corrected chi connectivity index (χ0v) is 14.3. The van der Waals surface area contributed by atoms with Gasteiger partial charge in [-0.25, -0.2) is 0 Å². The van der Waals surface area contributed by atoms with Gasteiger partial charge >= 0.3 is 5.97 Å². The smallest absolute Gasteiger partial charge is 0.307 e. The molecule has 0 aliphatic rings. The Bertz CT molecular complexity index is 973. The molecule has 1 N–H and O–H groups in total. The van der Waals surface area contributed by atoms with E-state index < -0.39 is 5.97 Å². The fourth-order valence-electron chi connectivity index (χ4n) is 2.84. The van der Waals surface area contributed by atoms with Crippen molar-refractivity contribution in [3.63, 3.8) is 0 Å². The fraction of sp³-hybridized carbons (Fsp3) is 0.158. The molecule has 0 spiro atoms. The Labute approximate surface area is 149 Å². The molecule has 25 heavy (non-hydrogen) atoms. The van der Waals surface area contributed by atoms with Gasteiger partial charge in [0.1, 0.15) is 5.75 Å². The summed E-state index contributed by atoms with van der Waals surface area (Å²) < 4.78 is 6.71. The highest BCUT2D eigenvalue weighted by molar-refractivity contribution is 6.30. The number of methoxy groups -OCH3 is 1. The highest BCUT2D eigenvalue weighted by Gasteiger charge is 2.21. The molecule has 0 aliphatic heterocycles. The summed E-state index contributed by atoms with van der Waals surface area (Å²) in [5.74, 6) is -0.698. The summed E-state index contributed by atoms with van der Waals surface area (Å²) in [6.45, 7) is 1.72. The average molecular weight is 356 g/mol. The monoisotopic (exact) mass is 355 g/mol. The number of carboxylic acid groups (broad SMARTS) is 1. The number of benzene rings is 1. The first-order valence-electron chi connectivity index (χ1n) is 7.46. The van der Waals surface area contributed by atoms with E-state index in [0.717, 1.165) is 0 Å². The first kappa shape index (κ1) is 16.9. The second-order valence-corrected chi connectivity index (χ2v) is 5.91. The van der Waals surface area contributed by atoms with E-state index in [2.05, 4.69) is 12.1 Å². The van der Waals surface area contributed by atoms with Crippen LogP contribution in [0.5, 0.6) is 5.75 Å². The Morgan fingerprint density at radius 3 is 2.60 bits per heavy atom. The lowest BCUT2D eigenvalue weighted by molar-refractivity contribution is -0.136. The van der Waals surface area contributed by atoms with Crippen LogP contribution in [0.1, 0.15) is 21.6 Å². The molecule has 6 heteroatoms. The van der Waals surface area contributed by atoms with E-state index in [1.807, 2.05) is 0 Å². The summed E-state index contributed by atoms with van der Waals surface area (Å²) in [6.07, 6.45) is -0.188. The first-order chi connectivity index (χ1) is 11.9. The Morgan fingerprint density at radius 1 is 1.24 bits per heavy atom. The van der Waals surface area contributed by atoms with E-state index in [1.54, 1.807) is 37.3 Å². The molecular formula is C19H14ClNO4. The number of fused-ring (bicyclic) bond motifs is 1. The van der Waals surface area contributed by atoms with Crippen molar-refractivity contribution in [3.05, 3.63) is 64.3 Å². The third kappa shape index (κ3) is 3.04. The predicted octanol–water partition coefficient (Wildman–Crippen LogP) is 3.53. The summed E-state index contributed by atoms with van der Waals surface area (Å²) >= 11 is 5.80. The van der Waals surface area contributed by atoms with Gasteiger partial charge in [0.05, 0.1) is 29.6 Å². The molecule has 1 aromatic heterocycles. The Kier molecular flexibility index (Phi) is 4.39. The number of ether oxygens (including phenoxy) is 1. The molecule has 0 unspecified atom stereocenters. The van der Waals surface area contributed by atoms with Crippen LogP contribution < -0.4 is 4.74 Å². The largest absolute Gasteiger partial charge is 0.497 e. The first-order valence-corrected chi connectivity index (χ1v) is 7.84. The molecule has 0 atom stereocenters. The summed E-state index contributed by atoms with van der Waals surface area (Å²) in [7, 11) is 1.53. The van der Waals surface area contributed by atoms with E-state index in [-0.39, 0.29) is 12.3 Å². The van der Waals surface area contributed by atoms with Gasteiger partial charge in [0, 0.05) is 11.1 Å². The zero-order chi connectivity index (χ0) is 18.1. The predicted molar refractivity (Wildman–Crippen MR) is 93.4 cm³/mol. The van der Waals surface area contributed by atoms with Crippen molar-refractivity contribution in [2.45, 2.75) is 13.3 Å². The number of nitrogens with zero attached hydrogens (tertiary/aromatic N) is 1. The number of hydrogen-bond donors (Lipinski definition) is 1. The molecule has 5 nitrogen and oxygen atoms in total. The number of hydrogen-bond acceptors (Lipinski definition) is 3. The lowest BCUT2D eigenvalue weighted by Crippen LogP contribution is -2.13. The number of rotatable bonds is 4. The van der Waals surface area contributed by atoms with E-state index in [0.29, 0.717) is 38.5 Å². The number of carbonyl (C=O) groups is 2. The molecule has 0 radical (unpaired) electrons. The number of carbonyl (C=O) groups excluding carboxylic acids is 1. The molecule has 0 amide bonds. The molecule has 0 fully saturated rings. The normalized spacial score (nSPS) is 10.5. The Morgan fingerprint density at radius 2 is 2.00 bits per heavy atom. The van der Waals surface area contributed by atoms with Crippen LogP contribution in [0.25, 0.3) is 10.9 Å². The SMILES string of the molecule is COc1ccc2c(c1)c(CC(=O)O)c(C)n2C(=O)c1c#cc(Cl)cc1. The topological polar surface area (TPSA) is 68.5 Å². The molecule has 0 saturated heterocycles. The van der Waals surface area contributed by atoms with Gasteiger partial charge in [-0.1, -0.05) is 17.7 Å². The number of aromatic nitrogens is 1. The minimum Gasteiger partial charge on any atom is -0.497 e. The number of halogens is 1. The van der Waals surface area contributed by atoms with Gasteiger partial charge in [-0.2, -0.15) is 0 Å².